The lowest BCUT2D eigenvalue weighted by atomic mass is 10.1. The van der Waals surface area contributed by atoms with Gasteiger partial charge in [0.05, 0.1) is 28.9 Å². The molecular weight excluding hydrogens is 423 g/mol. The van der Waals surface area contributed by atoms with Crippen molar-refractivity contribution in [2.75, 3.05) is 16.0 Å². The van der Waals surface area contributed by atoms with Crippen molar-refractivity contribution in [1.82, 2.24) is 4.98 Å². The number of amides is 2. The number of halogens is 3. The van der Waals surface area contributed by atoms with Gasteiger partial charge in [-0.1, -0.05) is 12.1 Å². The number of benzene rings is 2. The molecule has 2 heterocycles. The molecule has 10 heteroatoms. The van der Waals surface area contributed by atoms with Gasteiger partial charge in [0.2, 0.25) is 5.91 Å². The number of hydrogen-bond acceptors (Lipinski definition) is 5. The Labute approximate surface area is 180 Å². The van der Waals surface area contributed by atoms with Gasteiger partial charge in [0.25, 0.3) is 5.91 Å². The van der Waals surface area contributed by atoms with Crippen LogP contribution < -0.4 is 21.7 Å². The van der Waals surface area contributed by atoms with E-state index in [9.17, 15) is 22.8 Å². The number of carbonyl (C=O) groups is 2. The zero-order valence-electron chi connectivity index (χ0n) is 16.8. The lowest BCUT2D eigenvalue weighted by Gasteiger charge is -2.18. The van der Waals surface area contributed by atoms with Gasteiger partial charge in [-0.15, -0.1) is 0 Å². The number of alkyl halides is 3. The van der Waals surface area contributed by atoms with Crippen LogP contribution >= 0.6 is 0 Å². The number of nitrogens with two attached hydrogens (primary N) is 1. The monoisotopic (exact) mass is 441 g/mol. The fourth-order valence-electron chi connectivity index (χ4n) is 3.48. The number of hydrogen-bond donors (Lipinski definition) is 4. The van der Waals surface area contributed by atoms with Crippen LogP contribution in [0.25, 0.3) is 0 Å². The van der Waals surface area contributed by atoms with E-state index in [1.807, 2.05) is 0 Å². The number of carbonyl (C=O) groups excluding carboxylic acids is 2. The van der Waals surface area contributed by atoms with Gasteiger partial charge in [0.1, 0.15) is 5.82 Å². The summed E-state index contributed by atoms with van der Waals surface area (Å²) in [6.07, 6.45) is -3.74. The summed E-state index contributed by atoms with van der Waals surface area (Å²) in [4.78, 5) is 27.2. The first-order valence-electron chi connectivity index (χ1n) is 9.55. The van der Waals surface area contributed by atoms with E-state index in [4.69, 9.17) is 5.73 Å². The van der Waals surface area contributed by atoms with E-state index in [0.29, 0.717) is 23.1 Å². The van der Waals surface area contributed by atoms with E-state index in [2.05, 4.69) is 20.9 Å². The molecule has 0 radical (unpaired) electrons. The Morgan fingerprint density at radius 1 is 1.16 bits per heavy atom. The highest BCUT2D eigenvalue weighted by Crippen LogP contribution is 2.38. The number of primary amides is 1. The minimum Gasteiger partial charge on any atom is -0.366 e. The molecule has 32 heavy (non-hydrogen) atoms. The Balaban J connectivity index is 1.71. The summed E-state index contributed by atoms with van der Waals surface area (Å²) < 4.78 is 40.9. The van der Waals surface area contributed by atoms with E-state index < -0.39 is 17.6 Å². The fraction of sp³-hybridized carbons (Fsp3) is 0.136. The molecule has 5 N–H and O–H groups in total. The molecule has 0 spiro atoms. The number of aryl methyl sites for hydroxylation is 1. The topological polar surface area (TPSA) is 109 Å². The van der Waals surface area contributed by atoms with E-state index in [-0.39, 0.29) is 35.1 Å². The highest BCUT2D eigenvalue weighted by atomic mass is 19.4. The quantitative estimate of drug-likeness (QED) is 0.467. The highest BCUT2D eigenvalue weighted by Gasteiger charge is 2.34. The minimum absolute atomic E-state index is 0.0697. The molecule has 0 bridgehead atoms. The van der Waals surface area contributed by atoms with Crippen molar-refractivity contribution >= 4 is 40.4 Å². The molecule has 0 aliphatic carbocycles. The second kappa shape index (κ2) is 7.88. The SMILES string of the molecule is Cc1cccc(C(N)=O)c1Nc1cc(Nc2ccc3c(c2)CC(=O)N3)ncc1C(F)(F)F. The standard InChI is InChI=1S/C22H18F3N5O2/c1-11-3-2-4-14(21(26)32)20(11)30-17-9-18(27-10-15(17)22(23,24)25)28-13-5-6-16-12(7-13)8-19(31)29-16/h2-7,9-10H,8H2,1H3,(H2,26,32)(H,29,31)(H2,27,28,30). The third kappa shape index (κ3) is 4.20. The van der Waals surface area contributed by atoms with Gasteiger partial charge in [0, 0.05) is 23.6 Å². The van der Waals surface area contributed by atoms with Crippen LogP contribution in [0.15, 0.2) is 48.7 Å². The Kier molecular flexibility index (Phi) is 5.21. The summed E-state index contributed by atoms with van der Waals surface area (Å²) in [5.74, 6) is -0.745. The first kappa shape index (κ1) is 21.2. The van der Waals surface area contributed by atoms with Crippen molar-refractivity contribution in [2.24, 2.45) is 5.73 Å². The Bertz CT molecular complexity index is 1240. The average molecular weight is 441 g/mol. The zero-order valence-corrected chi connectivity index (χ0v) is 16.8. The summed E-state index contributed by atoms with van der Waals surface area (Å²) in [5, 5.41) is 8.39. The van der Waals surface area contributed by atoms with Crippen LogP contribution in [0.5, 0.6) is 0 Å². The average Bonchev–Trinajstić information content (AvgIpc) is 3.08. The molecule has 1 aromatic heterocycles. The molecular formula is C22H18F3N5O2. The maximum Gasteiger partial charge on any atom is 0.419 e. The van der Waals surface area contributed by atoms with E-state index in [1.165, 1.54) is 12.1 Å². The first-order valence-corrected chi connectivity index (χ1v) is 9.55. The summed E-state index contributed by atoms with van der Waals surface area (Å²) in [6.45, 7) is 1.66. The Hall–Kier alpha value is -4.08. The molecule has 0 saturated carbocycles. The van der Waals surface area contributed by atoms with Crippen molar-refractivity contribution in [2.45, 2.75) is 19.5 Å². The number of anilines is 5. The maximum absolute atomic E-state index is 13.6. The molecule has 0 fully saturated rings. The van der Waals surface area contributed by atoms with Crippen LogP contribution in [-0.2, 0) is 17.4 Å². The van der Waals surface area contributed by atoms with Crippen molar-refractivity contribution in [1.29, 1.82) is 0 Å². The van der Waals surface area contributed by atoms with Crippen LogP contribution in [0.1, 0.15) is 27.0 Å². The van der Waals surface area contributed by atoms with Crippen LogP contribution in [0.3, 0.4) is 0 Å². The molecule has 164 valence electrons. The summed E-state index contributed by atoms with van der Waals surface area (Å²) in [5.41, 5.74) is 6.95. The minimum atomic E-state index is -4.68. The summed E-state index contributed by atoms with van der Waals surface area (Å²) >= 11 is 0. The normalized spacial score (nSPS) is 12.8. The lowest BCUT2D eigenvalue weighted by Crippen LogP contribution is -2.16. The molecule has 1 aliphatic rings. The lowest BCUT2D eigenvalue weighted by molar-refractivity contribution is -0.137. The smallest absolute Gasteiger partial charge is 0.366 e. The second-order valence-corrected chi connectivity index (χ2v) is 7.32. The van der Waals surface area contributed by atoms with Gasteiger partial charge in [-0.05, 0) is 42.3 Å². The summed E-state index contributed by atoms with van der Waals surface area (Å²) in [6, 6.07) is 11.0. The number of para-hydroxylation sites is 1. The molecule has 3 aromatic rings. The van der Waals surface area contributed by atoms with E-state index >= 15 is 0 Å². The van der Waals surface area contributed by atoms with Crippen molar-refractivity contribution in [3.63, 3.8) is 0 Å². The number of fused-ring (bicyclic) bond motifs is 1. The van der Waals surface area contributed by atoms with Crippen molar-refractivity contribution in [3.8, 4) is 0 Å². The van der Waals surface area contributed by atoms with Crippen LogP contribution in [-0.4, -0.2) is 16.8 Å². The van der Waals surface area contributed by atoms with Gasteiger partial charge in [-0.2, -0.15) is 13.2 Å². The van der Waals surface area contributed by atoms with Gasteiger partial charge < -0.3 is 21.7 Å². The number of nitrogens with zero attached hydrogens (tertiary/aromatic N) is 1. The molecule has 2 amide bonds. The number of rotatable bonds is 5. The third-order valence-electron chi connectivity index (χ3n) is 5.01. The molecule has 2 aromatic carbocycles. The van der Waals surface area contributed by atoms with Crippen LogP contribution in [0.4, 0.5) is 41.7 Å². The predicted molar refractivity (Wildman–Crippen MR) is 114 cm³/mol. The Morgan fingerprint density at radius 3 is 2.66 bits per heavy atom. The molecule has 0 saturated heterocycles. The van der Waals surface area contributed by atoms with Gasteiger partial charge >= 0.3 is 6.18 Å². The van der Waals surface area contributed by atoms with Gasteiger partial charge in [-0.3, -0.25) is 9.59 Å². The fourth-order valence-corrected chi connectivity index (χ4v) is 3.48. The number of pyridine rings is 1. The Morgan fingerprint density at radius 2 is 1.94 bits per heavy atom. The molecule has 0 unspecified atom stereocenters. The third-order valence-corrected chi connectivity index (χ3v) is 5.01. The van der Waals surface area contributed by atoms with Crippen molar-refractivity contribution < 1.29 is 22.8 Å². The molecule has 4 rings (SSSR count). The van der Waals surface area contributed by atoms with Crippen LogP contribution in [0.2, 0.25) is 0 Å². The highest BCUT2D eigenvalue weighted by molar-refractivity contribution is 6.00. The largest absolute Gasteiger partial charge is 0.419 e. The first-order chi connectivity index (χ1) is 15.1. The molecule has 1 aliphatic heterocycles. The van der Waals surface area contributed by atoms with Gasteiger partial charge in [0.15, 0.2) is 0 Å². The maximum atomic E-state index is 13.6. The van der Waals surface area contributed by atoms with Crippen molar-refractivity contribution in [3.05, 3.63) is 70.9 Å². The predicted octanol–water partition coefficient (Wildman–Crippen LogP) is 4.49. The van der Waals surface area contributed by atoms with E-state index in [0.717, 1.165) is 5.56 Å². The second-order valence-electron chi connectivity index (χ2n) is 7.32. The van der Waals surface area contributed by atoms with Crippen LogP contribution in [0, 0.1) is 6.92 Å². The zero-order chi connectivity index (χ0) is 23.0. The molecule has 7 nitrogen and oxygen atoms in total. The number of aromatic nitrogens is 1. The number of nitrogens with one attached hydrogen (secondary N) is 3. The van der Waals surface area contributed by atoms with E-state index in [1.54, 1.807) is 37.3 Å². The molecule has 0 atom stereocenters. The van der Waals surface area contributed by atoms with Gasteiger partial charge in [-0.25, -0.2) is 4.98 Å². The summed E-state index contributed by atoms with van der Waals surface area (Å²) in [7, 11) is 0.